The number of fused-ring (bicyclic) bond motifs is 1. The lowest BCUT2D eigenvalue weighted by molar-refractivity contribution is -0.0462. The molecule has 1 amide bonds. The van der Waals surface area contributed by atoms with Gasteiger partial charge < -0.3 is 19.4 Å². The lowest BCUT2D eigenvalue weighted by Crippen LogP contribution is -2.45. The van der Waals surface area contributed by atoms with Crippen LogP contribution in [0, 0.1) is 0 Å². The van der Waals surface area contributed by atoms with Gasteiger partial charge in [-0.1, -0.05) is 0 Å². The summed E-state index contributed by atoms with van der Waals surface area (Å²) in [5, 5.41) is 0. The number of morpholine rings is 1. The Hall–Kier alpha value is -1.45. The van der Waals surface area contributed by atoms with Crippen molar-refractivity contribution in [2.75, 3.05) is 19.7 Å². The average Bonchev–Trinajstić information content (AvgIpc) is 2.86. The summed E-state index contributed by atoms with van der Waals surface area (Å²) >= 11 is 4.69. The zero-order chi connectivity index (χ0) is 17.5. The Labute approximate surface area is 151 Å². The molecule has 0 saturated carbocycles. The maximum absolute atomic E-state index is 12.2. The van der Waals surface area contributed by atoms with Crippen molar-refractivity contribution in [3.8, 4) is 0 Å². The fourth-order valence-corrected chi connectivity index (χ4v) is 3.81. The highest BCUT2D eigenvalue weighted by molar-refractivity contribution is 9.11. The molecule has 3 heterocycles. The standard InChI is InChI=1S/C15H18BrN3O4S/c1-15(2,3)23-14(21)19-4-5-22-9(7-19)12-17-8-6-10(16)24-11(8)13(20)18-12/h6,9H,4-5,7H2,1-3H3,(H,17,18,20). The van der Waals surface area contributed by atoms with Gasteiger partial charge in [0.2, 0.25) is 0 Å². The smallest absolute Gasteiger partial charge is 0.410 e. The van der Waals surface area contributed by atoms with Crippen molar-refractivity contribution in [1.82, 2.24) is 14.9 Å². The van der Waals surface area contributed by atoms with Crippen molar-refractivity contribution >= 4 is 43.6 Å². The molecule has 0 aliphatic carbocycles. The molecule has 1 atom stereocenters. The molecule has 0 radical (unpaired) electrons. The predicted octanol–water partition coefficient (Wildman–Crippen LogP) is 3.06. The molecule has 24 heavy (non-hydrogen) atoms. The first-order chi connectivity index (χ1) is 11.2. The molecule has 2 aromatic heterocycles. The molecule has 1 saturated heterocycles. The van der Waals surface area contributed by atoms with Gasteiger partial charge in [0.15, 0.2) is 0 Å². The van der Waals surface area contributed by atoms with E-state index in [1.165, 1.54) is 11.3 Å². The Kier molecular flexibility index (Phi) is 4.67. The van der Waals surface area contributed by atoms with Gasteiger partial charge in [0.05, 0.1) is 22.5 Å². The lowest BCUT2D eigenvalue weighted by atomic mass is 10.2. The third-order valence-electron chi connectivity index (χ3n) is 3.39. The second-order valence-corrected chi connectivity index (χ2v) is 8.93. The highest BCUT2D eigenvalue weighted by Crippen LogP contribution is 2.27. The summed E-state index contributed by atoms with van der Waals surface area (Å²) in [4.78, 5) is 33.2. The van der Waals surface area contributed by atoms with Crippen molar-refractivity contribution in [3.05, 3.63) is 26.0 Å². The van der Waals surface area contributed by atoms with Crippen LogP contribution in [-0.4, -0.2) is 46.3 Å². The number of rotatable bonds is 1. The van der Waals surface area contributed by atoms with Crippen LogP contribution in [0.4, 0.5) is 4.79 Å². The van der Waals surface area contributed by atoms with E-state index >= 15 is 0 Å². The Balaban J connectivity index is 1.82. The van der Waals surface area contributed by atoms with Crippen LogP contribution in [0.5, 0.6) is 0 Å². The van der Waals surface area contributed by atoms with Gasteiger partial charge in [-0.15, -0.1) is 11.3 Å². The van der Waals surface area contributed by atoms with Crippen LogP contribution in [0.25, 0.3) is 10.2 Å². The fourth-order valence-electron chi connectivity index (χ4n) is 2.39. The Morgan fingerprint density at radius 1 is 1.54 bits per heavy atom. The maximum atomic E-state index is 12.2. The summed E-state index contributed by atoms with van der Waals surface area (Å²) in [7, 11) is 0. The monoisotopic (exact) mass is 415 g/mol. The van der Waals surface area contributed by atoms with Crippen molar-refractivity contribution in [3.63, 3.8) is 0 Å². The molecule has 7 nitrogen and oxygen atoms in total. The van der Waals surface area contributed by atoms with Crippen LogP contribution in [-0.2, 0) is 9.47 Å². The van der Waals surface area contributed by atoms with Crippen LogP contribution < -0.4 is 5.56 Å². The van der Waals surface area contributed by atoms with Crippen LogP contribution in [0.2, 0.25) is 0 Å². The second kappa shape index (κ2) is 6.45. The first kappa shape index (κ1) is 17.4. The first-order valence-electron chi connectivity index (χ1n) is 7.52. The molecule has 3 rings (SSSR count). The average molecular weight is 416 g/mol. The van der Waals surface area contributed by atoms with Crippen molar-refractivity contribution in [2.45, 2.75) is 32.5 Å². The summed E-state index contributed by atoms with van der Waals surface area (Å²) in [6.07, 6.45) is -0.875. The molecule has 1 unspecified atom stereocenters. The van der Waals surface area contributed by atoms with E-state index < -0.39 is 17.8 Å². The second-order valence-electron chi connectivity index (χ2n) is 6.50. The number of hydrogen-bond acceptors (Lipinski definition) is 6. The van der Waals surface area contributed by atoms with Crippen molar-refractivity contribution in [1.29, 1.82) is 0 Å². The predicted molar refractivity (Wildman–Crippen MR) is 94.4 cm³/mol. The maximum Gasteiger partial charge on any atom is 0.410 e. The zero-order valence-electron chi connectivity index (χ0n) is 13.6. The summed E-state index contributed by atoms with van der Waals surface area (Å²) in [5.41, 5.74) is -0.147. The summed E-state index contributed by atoms with van der Waals surface area (Å²) in [6.45, 7) is 6.56. The van der Waals surface area contributed by atoms with E-state index in [9.17, 15) is 9.59 Å². The molecule has 1 aliphatic rings. The molecule has 2 aromatic rings. The van der Waals surface area contributed by atoms with Gasteiger partial charge in [-0.3, -0.25) is 4.79 Å². The number of ether oxygens (including phenoxy) is 2. The molecule has 1 fully saturated rings. The third-order valence-corrected chi connectivity index (χ3v) is 5.02. The summed E-state index contributed by atoms with van der Waals surface area (Å²) in [5.74, 6) is 0.422. The normalized spacial score (nSPS) is 18.8. The molecule has 130 valence electrons. The van der Waals surface area contributed by atoms with E-state index in [4.69, 9.17) is 9.47 Å². The number of amides is 1. The van der Waals surface area contributed by atoms with E-state index in [0.29, 0.717) is 29.2 Å². The minimum absolute atomic E-state index is 0.205. The first-order valence-corrected chi connectivity index (χ1v) is 9.13. The quantitative estimate of drug-likeness (QED) is 0.773. The minimum atomic E-state index is -0.556. The molecular weight excluding hydrogens is 398 g/mol. The third kappa shape index (κ3) is 3.79. The molecule has 0 bridgehead atoms. The SMILES string of the molecule is CC(C)(C)OC(=O)N1CCOC(c2nc3cc(Br)sc3c(=O)[nH]2)C1. The number of aromatic nitrogens is 2. The van der Waals surface area contributed by atoms with Gasteiger partial charge in [0.1, 0.15) is 22.2 Å². The van der Waals surface area contributed by atoms with Gasteiger partial charge >= 0.3 is 6.09 Å². The summed E-state index contributed by atoms with van der Waals surface area (Å²) in [6, 6.07) is 1.80. The highest BCUT2D eigenvalue weighted by Gasteiger charge is 2.30. The molecule has 0 spiro atoms. The number of nitrogens with zero attached hydrogens (tertiary/aromatic N) is 2. The van der Waals surface area contributed by atoms with Gasteiger partial charge in [-0.2, -0.15) is 0 Å². The van der Waals surface area contributed by atoms with Gasteiger partial charge in [0, 0.05) is 6.54 Å². The molecule has 9 heteroatoms. The van der Waals surface area contributed by atoms with Gasteiger partial charge in [-0.25, -0.2) is 9.78 Å². The Morgan fingerprint density at radius 2 is 2.29 bits per heavy atom. The van der Waals surface area contributed by atoms with E-state index in [1.807, 2.05) is 20.8 Å². The number of halogens is 1. The van der Waals surface area contributed by atoms with Crippen LogP contribution in [0.3, 0.4) is 0 Å². The zero-order valence-corrected chi connectivity index (χ0v) is 16.0. The van der Waals surface area contributed by atoms with Crippen LogP contribution in [0.15, 0.2) is 14.6 Å². The van der Waals surface area contributed by atoms with Gasteiger partial charge in [0.25, 0.3) is 5.56 Å². The number of hydrogen-bond donors (Lipinski definition) is 1. The Morgan fingerprint density at radius 3 is 3.00 bits per heavy atom. The molecule has 1 N–H and O–H groups in total. The summed E-state index contributed by atoms with van der Waals surface area (Å²) < 4.78 is 12.5. The lowest BCUT2D eigenvalue weighted by Gasteiger charge is -2.33. The number of carbonyl (C=O) groups is 1. The number of thiophene rings is 1. The van der Waals surface area contributed by atoms with E-state index in [0.717, 1.165) is 3.79 Å². The van der Waals surface area contributed by atoms with Crippen molar-refractivity contribution < 1.29 is 14.3 Å². The topological polar surface area (TPSA) is 84.5 Å². The largest absolute Gasteiger partial charge is 0.444 e. The number of nitrogens with one attached hydrogen (secondary N) is 1. The fraction of sp³-hybridized carbons (Fsp3) is 0.533. The number of carbonyl (C=O) groups excluding carboxylic acids is 1. The molecular formula is C15H18BrN3O4S. The van der Waals surface area contributed by atoms with E-state index in [2.05, 4.69) is 25.9 Å². The molecule has 0 aromatic carbocycles. The molecule has 1 aliphatic heterocycles. The highest BCUT2D eigenvalue weighted by atomic mass is 79.9. The Bertz CT molecular complexity index is 826. The number of H-pyrrole nitrogens is 1. The van der Waals surface area contributed by atoms with Crippen molar-refractivity contribution in [2.24, 2.45) is 0 Å². The van der Waals surface area contributed by atoms with E-state index in [-0.39, 0.29) is 12.1 Å². The van der Waals surface area contributed by atoms with Crippen LogP contribution in [0.1, 0.15) is 32.7 Å². The van der Waals surface area contributed by atoms with Crippen LogP contribution >= 0.6 is 27.3 Å². The van der Waals surface area contributed by atoms with Gasteiger partial charge in [-0.05, 0) is 42.8 Å². The minimum Gasteiger partial charge on any atom is -0.444 e. The van der Waals surface area contributed by atoms with E-state index in [1.54, 1.807) is 11.0 Å². The number of aromatic amines is 1.